The normalized spacial score (nSPS) is 40.6. The smallest absolute Gasteiger partial charge is 0.233 e. The van der Waals surface area contributed by atoms with E-state index >= 15 is 0 Å². The molecule has 2 aliphatic carbocycles. The molecule has 3 nitrogen and oxygen atoms in total. The highest BCUT2D eigenvalue weighted by molar-refractivity contribution is 5.99. The van der Waals surface area contributed by atoms with Crippen LogP contribution in [-0.2, 0) is 4.79 Å². The number of amides is 1. The minimum atomic E-state index is -0.662. The third kappa shape index (κ3) is 1.15. The summed E-state index contributed by atoms with van der Waals surface area (Å²) in [6.07, 6.45) is 4.72. The summed E-state index contributed by atoms with van der Waals surface area (Å²) in [4.78, 5) is 14.1. The third-order valence-corrected chi connectivity index (χ3v) is 4.69. The molecule has 5 atom stereocenters. The van der Waals surface area contributed by atoms with E-state index in [2.05, 4.69) is 12.2 Å². The van der Waals surface area contributed by atoms with Crippen LogP contribution in [0.5, 0.6) is 0 Å². The molecule has 1 saturated heterocycles. The van der Waals surface area contributed by atoms with E-state index in [0.717, 1.165) is 12.1 Å². The average Bonchev–Trinajstić information content (AvgIpc) is 3.05. The van der Waals surface area contributed by atoms with Crippen LogP contribution >= 0.6 is 0 Å². The van der Waals surface area contributed by atoms with Gasteiger partial charge in [-0.3, -0.25) is 9.69 Å². The first-order valence-corrected chi connectivity index (χ1v) is 6.52. The van der Waals surface area contributed by atoms with Gasteiger partial charge in [0.1, 0.15) is 6.23 Å². The first-order chi connectivity index (χ1) is 8.77. The number of fused-ring (bicyclic) bond motifs is 5. The number of allylic oxidation sites excluding steroid dienone is 2. The second-order valence-electron chi connectivity index (χ2n) is 5.51. The van der Waals surface area contributed by atoms with Crippen LogP contribution in [0, 0.1) is 23.7 Å². The van der Waals surface area contributed by atoms with Gasteiger partial charge in [-0.25, -0.2) is 0 Å². The Bertz CT molecular complexity index is 525. The van der Waals surface area contributed by atoms with E-state index in [-0.39, 0.29) is 17.7 Å². The van der Waals surface area contributed by atoms with Gasteiger partial charge in [0.2, 0.25) is 5.91 Å². The molecule has 0 unspecified atom stereocenters. The first kappa shape index (κ1) is 10.3. The van der Waals surface area contributed by atoms with Crippen molar-refractivity contribution < 1.29 is 9.90 Å². The summed E-state index contributed by atoms with van der Waals surface area (Å²) >= 11 is 0. The topological polar surface area (TPSA) is 40.5 Å². The number of para-hydroxylation sites is 1. The van der Waals surface area contributed by atoms with Crippen LogP contribution in [-0.4, -0.2) is 17.2 Å². The second-order valence-corrected chi connectivity index (χ2v) is 5.51. The summed E-state index contributed by atoms with van der Waals surface area (Å²) < 4.78 is 0. The highest BCUT2D eigenvalue weighted by Gasteiger charge is 2.59. The minimum absolute atomic E-state index is 0.00444. The lowest BCUT2D eigenvalue weighted by atomic mass is 9.85. The van der Waals surface area contributed by atoms with Crippen molar-refractivity contribution in [3.8, 4) is 0 Å². The van der Waals surface area contributed by atoms with Crippen LogP contribution in [0.4, 0.5) is 5.69 Å². The predicted molar refractivity (Wildman–Crippen MR) is 67.7 cm³/mol. The Morgan fingerprint density at radius 1 is 1.11 bits per heavy atom. The van der Waals surface area contributed by atoms with Crippen molar-refractivity contribution in [1.82, 2.24) is 0 Å². The molecule has 1 saturated carbocycles. The molecule has 3 heteroatoms. The number of benzene rings is 1. The van der Waals surface area contributed by atoms with Gasteiger partial charge in [-0.15, -0.1) is 0 Å². The van der Waals surface area contributed by atoms with Crippen LogP contribution in [0.15, 0.2) is 42.5 Å². The molecule has 0 radical (unpaired) electrons. The number of aliphatic hydroxyl groups is 1. The SMILES string of the molecule is O=C1[C@@H]2[C@@H]([C@@H]3C=C[C@H]2C3)[C@H](O)N1c1ccccc1. The maximum absolute atomic E-state index is 12.5. The van der Waals surface area contributed by atoms with E-state index in [1.165, 1.54) is 0 Å². The van der Waals surface area contributed by atoms with Crippen molar-refractivity contribution in [2.45, 2.75) is 12.6 Å². The van der Waals surface area contributed by atoms with Crippen LogP contribution in [0.25, 0.3) is 0 Å². The Morgan fingerprint density at radius 3 is 2.56 bits per heavy atom. The Hall–Kier alpha value is -1.61. The van der Waals surface area contributed by atoms with Gasteiger partial charge in [0, 0.05) is 11.6 Å². The van der Waals surface area contributed by atoms with E-state index in [0.29, 0.717) is 11.8 Å². The summed E-state index contributed by atoms with van der Waals surface area (Å²) in [6.45, 7) is 0. The molecule has 3 aliphatic rings. The van der Waals surface area contributed by atoms with Gasteiger partial charge in [-0.1, -0.05) is 30.4 Å². The van der Waals surface area contributed by atoms with Crippen LogP contribution in [0.1, 0.15) is 6.42 Å². The fourth-order valence-electron chi connectivity index (χ4n) is 3.95. The molecule has 18 heavy (non-hydrogen) atoms. The fourth-order valence-corrected chi connectivity index (χ4v) is 3.95. The Kier molecular flexibility index (Phi) is 1.98. The predicted octanol–water partition coefficient (Wildman–Crippen LogP) is 1.79. The number of aliphatic hydroxyl groups excluding tert-OH is 1. The number of nitrogens with zero attached hydrogens (tertiary/aromatic N) is 1. The molecule has 4 rings (SSSR count). The fraction of sp³-hybridized carbons (Fsp3) is 0.400. The third-order valence-electron chi connectivity index (χ3n) is 4.69. The van der Waals surface area contributed by atoms with Gasteiger partial charge in [-0.05, 0) is 30.4 Å². The highest BCUT2D eigenvalue weighted by atomic mass is 16.3. The number of rotatable bonds is 1. The van der Waals surface area contributed by atoms with Gasteiger partial charge in [0.25, 0.3) is 0 Å². The van der Waals surface area contributed by atoms with E-state index < -0.39 is 6.23 Å². The van der Waals surface area contributed by atoms with Crippen LogP contribution in [0.2, 0.25) is 0 Å². The average molecular weight is 241 g/mol. The second kappa shape index (κ2) is 3.45. The maximum Gasteiger partial charge on any atom is 0.233 e. The molecule has 1 aromatic rings. The minimum Gasteiger partial charge on any atom is -0.373 e. The summed E-state index contributed by atoms with van der Waals surface area (Å²) in [6, 6.07) is 9.49. The summed E-state index contributed by atoms with van der Waals surface area (Å²) in [7, 11) is 0. The molecule has 1 aromatic carbocycles. The molecule has 0 spiro atoms. The van der Waals surface area contributed by atoms with Crippen molar-refractivity contribution in [2.75, 3.05) is 4.90 Å². The maximum atomic E-state index is 12.5. The zero-order chi connectivity index (χ0) is 12.3. The van der Waals surface area contributed by atoms with Gasteiger partial charge in [0.05, 0.1) is 5.92 Å². The molecule has 1 N–H and O–H groups in total. The zero-order valence-electron chi connectivity index (χ0n) is 9.94. The lowest BCUT2D eigenvalue weighted by Gasteiger charge is -2.25. The molecule has 0 aromatic heterocycles. The number of hydrogen-bond donors (Lipinski definition) is 1. The highest BCUT2D eigenvalue weighted by Crippen LogP contribution is 2.54. The van der Waals surface area contributed by atoms with Crippen molar-refractivity contribution in [2.24, 2.45) is 23.7 Å². The van der Waals surface area contributed by atoms with Gasteiger partial charge < -0.3 is 5.11 Å². The van der Waals surface area contributed by atoms with Crippen LogP contribution in [0.3, 0.4) is 0 Å². The van der Waals surface area contributed by atoms with Gasteiger partial charge >= 0.3 is 0 Å². The Morgan fingerprint density at radius 2 is 1.83 bits per heavy atom. The van der Waals surface area contributed by atoms with Crippen LogP contribution < -0.4 is 4.90 Å². The first-order valence-electron chi connectivity index (χ1n) is 6.52. The van der Waals surface area contributed by atoms with E-state index in [9.17, 15) is 9.90 Å². The molecular weight excluding hydrogens is 226 g/mol. The molecule has 1 aliphatic heterocycles. The summed E-state index contributed by atoms with van der Waals surface area (Å²) in [5.74, 6) is 0.905. The Labute approximate surface area is 106 Å². The molecular formula is C15H15NO2. The molecule has 2 fully saturated rings. The Balaban J connectivity index is 1.75. The van der Waals surface area contributed by atoms with E-state index in [4.69, 9.17) is 0 Å². The van der Waals surface area contributed by atoms with Gasteiger partial charge in [-0.2, -0.15) is 0 Å². The van der Waals surface area contributed by atoms with Crippen molar-refractivity contribution in [3.05, 3.63) is 42.5 Å². The van der Waals surface area contributed by atoms with Gasteiger partial charge in [0.15, 0.2) is 0 Å². The number of anilines is 1. The summed E-state index contributed by atoms with van der Waals surface area (Å²) in [5, 5.41) is 10.5. The van der Waals surface area contributed by atoms with E-state index in [1.807, 2.05) is 30.3 Å². The van der Waals surface area contributed by atoms with E-state index in [1.54, 1.807) is 4.90 Å². The molecule has 1 heterocycles. The lowest BCUT2D eigenvalue weighted by Crippen LogP contribution is -2.36. The molecule has 1 amide bonds. The molecule has 92 valence electrons. The quantitative estimate of drug-likeness (QED) is 0.761. The lowest BCUT2D eigenvalue weighted by molar-refractivity contribution is -0.121. The number of carbonyl (C=O) groups excluding carboxylic acids is 1. The van der Waals surface area contributed by atoms with Crippen molar-refractivity contribution >= 4 is 11.6 Å². The molecule has 2 bridgehead atoms. The number of hydrogen-bond acceptors (Lipinski definition) is 2. The largest absolute Gasteiger partial charge is 0.373 e. The summed E-state index contributed by atoms with van der Waals surface area (Å²) in [5.41, 5.74) is 0.809. The standard InChI is InChI=1S/C15H15NO2/c17-14-12-9-6-7-10(8-9)13(12)15(18)16(14)11-4-2-1-3-5-11/h1-7,9-10,12-14,17H,8H2/t9-,10+,12-,13+,14+/m1/s1. The van der Waals surface area contributed by atoms with Crippen molar-refractivity contribution in [3.63, 3.8) is 0 Å². The van der Waals surface area contributed by atoms with Crippen molar-refractivity contribution in [1.29, 1.82) is 0 Å². The zero-order valence-corrected chi connectivity index (χ0v) is 9.94. The number of carbonyl (C=O) groups is 1. The monoisotopic (exact) mass is 241 g/mol.